The van der Waals surface area contributed by atoms with Crippen LogP contribution in [0.4, 0.5) is 0 Å². The van der Waals surface area contributed by atoms with Crippen LogP contribution in [0.1, 0.15) is 0 Å². The number of benzene rings is 2. The summed E-state index contributed by atoms with van der Waals surface area (Å²) in [5, 5.41) is 14.1. The van der Waals surface area contributed by atoms with Crippen LogP contribution in [0.5, 0.6) is 0 Å². The number of nitrogens with one attached hydrogen (secondary N) is 2. The van der Waals surface area contributed by atoms with Crippen LogP contribution in [-0.2, 0) is 20.6 Å². The van der Waals surface area contributed by atoms with E-state index in [0.29, 0.717) is 31.5 Å². The summed E-state index contributed by atoms with van der Waals surface area (Å²) in [5.41, 5.74) is -0.708. The Labute approximate surface area is 223 Å². The molecule has 0 amide bonds. The first kappa shape index (κ1) is 25.8. The average molecular weight is 559 g/mol. The molecule has 6 rings (SSSR count). The molecule has 2 N–H and O–H groups in total. The minimum Gasteiger partial charge on any atom is -0.267 e. The number of H-pyrrole nitrogens is 2. The molecule has 4 aromatic heterocycles. The summed E-state index contributed by atoms with van der Waals surface area (Å²) in [7, 11) is -5.05. The van der Waals surface area contributed by atoms with Crippen LogP contribution in [0.2, 0.25) is 0 Å². The Balaban J connectivity index is 0.000000158. The monoisotopic (exact) mass is 558 g/mol. The number of aromatic nitrogens is 6. The highest BCUT2D eigenvalue weighted by Crippen LogP contribution is 2.21. The van der Waals surface area contributed by atoms with Gasteiger partial charge in [-0.25, -0.2) is 32.8 Å². The van der Waals surface area contributed by atoms with Crippen molar-refractivity contribution in [3.05, 3.63) is 118 Å². The van der Waals surface area contributed by atoms with Gasteiger partial charge in [0, 0.05) is 28.1 Å². The van der Waals surface area contributed by atoms with Gasteiger partial charge in [-0.05, 0) is 36.4 Å². The summed E-state index contributed by atoms with van der Waals surface area (Å²) < 4.78 is 37.1. The van der Waals surface area contributed by atoms with Gasteiger partial charge in [0.2, 0.25) is 9.84 Å². The van der Waals surface area contributed by atoms with Crippen molar-refractivity contribution in [2.75, 3.05) is 0 Å². The van der Waals surface area contributed by atoms with Crippen molar-refractivity contribution in [3.63, 3.8) is 0 Å². The third-order valence-corrected chi connectivity index (χ3v) is 8.50. The van der Waals surface area contributed by atoms with Crippen LogP contribution in [0.25, 0.3) is 21.5 Å². The summed E-state index contributed by atoms with van der Waals surface area (Å²) >= 11 is 0. The van der Waals surface area contributed by atoms with E-state index in [2.05, 4.69) is 30.4 Å². The highest BCUT2D eigenvalue weighted by Gasteiger charge is 2.19. The normalized spacial score (nSPS) is 12.0. The van der Waals surface area contributed by atoms with Crippen LogP contribution < -0.4 is 11.1 Å². The van der Waals surface area contributed by atoms with Gasteiger partial charge < -0.3 is 0 Å². The lowest BCUT2D eigenvalue weighted by atomic mass is 10.3. The highest BCUT2D eigenvalue weighted by atomic mass is 32.2. The molecule has 6 aromatic rings. The molecule has 0 aliphatic heterocycles. The predicted molar refractivity (Wildman–Crippen MR) is 143 cm³/mol. The zero-order chi connectivity index (χ0) is 27.4. The van der Waals surface area contributed by atoms with Gasteiger partial charge in [0.25, 0.3) is 11.1 Å². The van der Waals surface area contributed by atoms with Gasteiger partial charge in [-0.2, -0.15) is 10.2 Å². The van der Waals surface area contributed by atoms with Gasteiger partial charge in [-0.1, -0.05) is 36.4 Å². The lowest BCUT2D eigenvalue weighted by molar-refractivity contribution is 0.592. The van der Waals surface area contributed by atoms with E-state index < -0.39 is 26.2 Å². The van der Waals surface area contributed by atoms with Crippen molar-refractivity contribution < 1.29 is 12.6 Å². The summed E-state index contributed by atoms with van der Waals surface area (Å²) in [6.45, 7) is 0. The predicted octanol–water partition coefficient (Wildman–Crippen LogP) is 2.64. The van der Waals surface area contributed by atoms with Crippen molar-refractivity contribution in [1.82, 2.24) is 30.4 Å². The third-order valence-electron chi connectivity index (χ3n) is 5.53. The van der Waals surface area contributed by atoms with E-state index in [9.17, 15) is 22.2 Å². The molecule has 0 aliphatic carbocycles. The van der Waals surface area contributed by atoms with Crippen molar-refractivity contribution in [3.8, 4) is 0 Å². The number of fused-ring (bicyclic) bond motifs is 2. The molecule has 0 aliphatic rings. The first-order valence-corrected chi connectivity index (χ1v) is 13.9. The lowest BCUT2D eigenvalue weighted by Crippen LogP contribution is -2.10. The quantitative estimate of drug-likeness (QED) is 0.330. The maximum absolute atomic E-state index is 12.4. The maximum Gasteiger partial charge on any atom is 0.273 e. The maximum atomic E-state index is 12.4. The largest absolute Gasteiger partial charge is 0.273 e. The van der Waals surface area contributed by atoms with Gasteiger partial charge >= 0.3 is 0 Å². The van der Waals surface area contributed by atoms with E-state index in [1.54, 1.807) is 36.4 Å². The molecule has 1 atom stereocenters. The Kier molecular flexibility index (Phi) is 7.17. The molecule has 0 saturated carbocycles. The SMILES string of the molecule is O=c1[nH]ncc2cc(S(=O)(=O)c3ccccc3)ncc12.O=c1[nH]ncc2cc(S(=O)c3ccccc3)ncc12. The van der Waals surface area contributed by atoms with Crippen molar-refractivity contribution in [1.29, 1.82) is 0 Å². The highest BCUT2D eigenvalue weighted by molar-refractivity contribution is 7.91. The Morgan fingerprint density at radius 1 is 0.667 bits per heavy atom. The first-order chi connectivity index (χ1) is 18.8. The zero-order valence-electron chi connectivity index (χ0n) is 19.9. The molecular weight excluding hydrogens is 540 g/mol. The van der Waals surface area contributed by atoms with E-state index in [1.807, 2.05) is 18.2 Å². The lowest BCUT2D eigenvalue weighted by Gasteiger charge is -2.04. The molecule has 0 bridgehead atoms. The molecule has 2 aromatic carbocycles. The van der Waals surface area contributed by atoms with Gasteiger partial charge in [0.15, 0.2) is 5.03 Å². The van der Waals surface area contributed by atoms with E-state index >= 15 is 0 Å². The van der Waals surface area contributed by atoms with Crippen LogP contribution in [0.3, 0.4) is 0 Å². The second-order valence-electron chi connectivity index (χ2n) is 8.02. The van der Waals surface area contributed by atoms with Crippen LogP contribution in [0.15, 0.2) is 127 Å². The minimum absolute atomic E-state index is 0.108. The Hall–Kier alpha value is -4.88. The molecule has 0 saturated heterocycles. The molecule has 0 fully saturated rings. The van der Waals surface area contributed by atoms with Crippen molar-refractivity contribution >= 4 is 42.2 Å². The fraction of sp³-hybridized carbons (Fsp3) is 0. The van der Waals surface area contributed by atoms with E-state index in [-0.39, 0.29) is 15.5 Å². The van der Waals surface area contributed by atoms with Gasteiger partial charge in [-0.3, -0.25) is 9.59 Å². The molecule has 39 heavy (non-hydrogen) atoms. The number of rotatable bonds is 4. The topological polar surface area (TPSA) is 168 Å². The molecule has 194 valence electrons. The molecule has 11 nitrogen and oxygen atoms in total. The van der Waals surface area contributed by atoms with E-state index in [0.717, 1.165) is 0 Å². The number of nitrogens with zero attached hydrogens (tertiary/aromatic N) is 4. The molecule has 13 heteroatoms. The average Bonchev–Trinajstić information content (AvgIpc) is 2.98. The summed E-state index contributed by atoms with van der Waals surface area (Å²) in [4.78, 5) is 31.8. The number of pyridine rings is 2. The van der Waals surface area contributed by atoms with Crippen LogP contribution >= 0.6 is 0 Å². The number of sulfone groups is 1. The van der Waals surface area contributed by atoms with Gasteiger partial charge in [0.05, 0.1) is 28.1 Å². The summed E-state index contributed by atoms with van der Waals surface area (Å²) in [6, 6.07) is 20.0. The van der Waals surface area contributed by atoms with Crippen molar-refractivity contribution in [2.45, 2.75) is 19.8 Å². The zero-order valence-corrected chi connectivity index (χ0v) is 21.5. The smallest absolute Gasteiger partial charge is 0.267 e. The third kappa shape index (κ3) is 5.39. The standard InChI is InChI=1S/C13H9N3O3S.C13H9N3O2S/c17-13-11-8-14-12(6-9(11)7-15-16-13)20(18,19)10-4-2-1-3-5-10;17-13-11-8-14-12(6-9(11)7-15-16-13)19(18)10-4-2-1-3-5-10/h1-8H,(H,16,17);1-8H,(H,16,17). The Bertz CT molecular complexity index is 2050. The molecule has 1 unspecified atom stereocenters. The number of aromatic amines is 2. The van der Waals surface area contributed by atoms with Gasteiger partial charge in [0.1, 0.15) is 15.8 Å². The summed E-state index contributed by atoms with van der Waals surface area (Å²) in [5.74, 6) is 0. The van der Waals surface area contributed by atoms with Crippen LogP contribution in [-0.4, -0.2) is 43.0 Å². The first-order valence-electron chi connectivity index (χ1n) is 11.3. The molecule has 4 heterocycles. The number of hydrogen-bond donors (Lipinski definition) is 2. The molecular formula is C26H18N6O5S2. The number of hydrogen-bond acceptors (Lipinski definition) is 9. The Morgan fingerprint density at radius 2 is 1.21 bits per heavy atom. The van der Waals surface area contributed by atoms with Crippen molar-refractivity contribution in [2.24, 2.45) is 0 Å². The van der Waals surface area contributed by atoms with E-state index in [4.69, 9.17) is 0 Å². The van der Waals surface area contributed by atoms with Crippen LogP contribution in [0, 0.1) is 0 Å². The van der Waals surface area contributed by atoms with E-state index in [1.165, 1.54) is 43.0 Å². The second-order valence-corrected chi connectivity index (χ2v) is 11.3. The van der Waals surface area contributed by atoms with Gasteiger partial charge in [-0.15, -0.1) is 0 Å². The minimum atomic E-state index is -3.69. The Morgan fingerprint density at radius 3 is 1.82 bits per heavy atom. The second kappa shape index (κ2) is 10.8. The molecule has 0 spiro atoms. The fourth-order valence-electron chi connectivity index (χ4n) is 3.57. The fourth-order valence-corrected chi connectivity index (χ4v) is 5.83. The summed E-state index contributed by atoms with van der Waals surface area (Å²) in [6.07, 6.45) is 5.57. The molecule has 0 radical (unpaired) electrons.